The van der Waals surface area contributed by atoms with E-state index in [0.29, 0.717) is 72.5 Å². The summed E-state index contributed by atoms with van der Waals surface area (Å²) in [7, 11) is 0. The topological polar surface area (TPSA) is 78.2 Å². The average molecular weight is 509 g/mol. The lowest BCUT2D eigenvalue weighted by Gasteiger charge is -2.35. The number of nitrogens with one attached hydrogen (secondary N) is 1. The highest BCUT2D eigenvalue weighted by Crippen LogP contribution is 2.31. The molecule has 9 heteroatoms. The molecule has 0 atom stereocenters. The van der Waals surface area contributed by atoms with E-state index < -0.39 is 0 Å². The minimum absolute atomic E-state index is 0.181. The van der Waals surface area contributed by atoms with Crippen LogP contribution in [0.4, 0.5) is 10.1 Å². The Labute approximate surface area is 213 Å². The largest absolute Gasteiger partial charge is 0.455 e. The minimum atomic E-state index is -0.337. The predicted molar refractivity (Wildman–Crippen MR) is 136 cm³/mol. The number of hydrazone groups is 1. The molecule has 0 bridgehead atoms. The molecule has 36 heavy (non-hydrogen) atoms. The third-order valence-electron chi connectivity index (χ3n) is 6.68. The molecule has 1 aliphatic carbocycles. The van der Waals surface area contributed by atoms with Gasteiger partial charge in [0.1, 0.15) is 11.6 Å². The summed E-state index contributed by atoms with van der Waals surface area (Å²) in [6.45, 7) is 3.87. The van der Waals surface area contributed by atoms with Gasteiger partial charge >= 0.3 is 0 Å². The van der Waals surface area contributed by atoms with E-state index in [2.05, 4.69) is 10.5 Å². The van der Waals surface area contributed by atoms with Gasteiger partial charge in [0, 0.05) is 54.3 Å². The van der Waals surface area contributed by atoms with Crippen LogP contribution in [0.3, 0.4) is 0 Å². The molecule has 2 aliphatic rings. The van der Waals surface area contributed by atoms with Gasteiger partial charge in [-0.05, 0) is 56.2 Å². The molecule has 1 saturated heterocycles. The molecule has 0 saturated carbocycles. The van der Waals surface area contributed by atoms with E-state index in [0.717, 1.165) is 17.5 Å². The zero-order chi connectivity index (χ0) is 25.2. The van der Waals surface area contributed by atoms with E-state index >= 15 is 0 Å². The van der Waals surface area contributed by atoms with Crippen molar-refractivity contribution in [3.05, 3.63) is 87.6 Å². The van der Waals surface area contributed by atoms with Crippen LogP contribution in [-0.4, -0.2) is 48.6 Å². The highest BCUT2D eigenvalue weighted by molar-refractivity contribution is 6.30. The van der Waals surface area contributed by atoms with E-state index in [1.165, 1.54) is 6.07 Å². The number of hydrogen-bond donors (Lipinski definition) is 1. The molecular weight excluding hydrogens is 483 g/mol. The monoisotopic (exact) mass is 508 g/mol. The van der Waals surface area contributed by atoms with Gasteiger partial charge in [0.25, 0.3) is 11.8 Å². The van der Waals surface area contributed by atoms with E-state index in [9.17, 15) is 14.0 Å². The molecule has 7 nitrogen and oxygen atoms in total. The Balaban J connectivity index is 1.30. The molecule has 0 unspecified atom stereocenters. The second kappa shape index (κ2) is 10.1. The Morgan fingerprint density at radius 3 is 2.47 bits per heavy atom. The standard InChI is InChI=1S/C27H26ClFN4O3/c1-17-24-21(30-31-26(34)18-9-11-19(28)12-10-18)6-4-8-23(24)36-25(17)27(35)33-15-13-32(14-16-33)22-7-3-2-5-20(22)29/h2-3,5,7,9-12H,4,6,8,13-16H2,1H3,(H,31,34)/b30-21+. The number of carbonyl (C=O) groups is 2. The number of benzene rings is 2. The normalized spacial score (nSPS) is 16.7. The Morgan fingerprint density at radius 1 is 1.03 bits per heavy atom. The van der Waals surface area contributed by atoms with Crippen molar-refractivity contribution in [3.8, 4) is 0 Å². The number of rotatable bonds is 4. The number of furan rings is 1. The molecule has 1 aromatic heterocycles. The molecule has 5 rings (SSSR count). The molecule has 2 amide bonds. The number of halogens is 2. The van der Waals surface area contributed by atoms with Gasteiger partial charge in [-0.3, -0.25) is 9.59 Å². The second-order valence-corrected chi connectivity index (χ2v) is 9.38. The van der Waals surface area contributed by atoms with Crippen LogP contribution in [0, 0.1) is 12.7 Å². The highest BCUT2D eigenvalue weighted by atomic mass is 35.5. The van der Waals surface area contributed by atoms with Gasteiger partial charge in [0.2, 0.25) is 0 Å². The number of aryl methyl sites for hydroxylation is 1. The van der Waals surface area contributed by atoms with Gasteiger partial charge < -0.3 is 14.2 Å². The second-order valence-electron chi connectivity index (χ2n) is 8.94. The first-order valence-electron chi connectivity index (χ1n) is 12.0. The molecule has 0 radical (unpaired) electrons. The van der Waals surface area contributed by atoms with Crippen LogP contribution in [-0.2, 0) is 6.42 Å². The first-order chi connectivity index (χ1) is 17.4. The van der Waals surface area contributed by atoms with Crippen LogP contribution < -0.4 is 10.3 Å². The van der Waals surface area contributed by atoms with Crippen molar-refractivity contribution in [2.45, 2.75) is 26.2 Å². The van der Waals surface area contributed by atoms with Gasteiger partial charge in [-0.2, -0.15) is 5.10 Å². The Kier molecular flexibility index (Phi) is 6.78. The number of fused-ring (bicyclic) bond motifs is 1. The van der Waals surface area contributed by atoms with Crippen molar-refractivity contribution < 1.29 is 18.4 Å². The maximum absolute atomic E-state index is 14.2. The lowest BCUT2D eigenvalue weighted by Crippen LogP contribution is -2.49. The van der Waals surface area contributed by atoms with Crippen LogP contribution >= 0.6 is 11.6 Å². The number of anilines is 1. The Morgan fingerprint density at radius 2 is 1.75 bits per heavy atom. The summed E-state index contributed by atoms with van der Waals surface area (Å²) in [5, 5.41) is 4.93. The third kappa shape index (κ3) is 4.73. The number of para-hydroxylation sites is 1. The number of piperazine rings is 1. The molecule has 1 aliphatic heterocycles. The summed E-state index contributed by atoms with van der Waals surface area (Å²) < 4.78 is 20.2. The third-order valence-corrected chi connectivity index (χ3v) is 6.93. The molecule has 1 N–H and O–H groups in total. The number of carbonyl (C=O) groups excluding carboxylic acids is 2. The van der Waals surface area contributed by atoms with Crippen molar-refractivity contribution in [3.63, 3.8) is 0 Å². The van der Waals surface area contributed by atoms with Crippen LogP contribution in [0.1, 0.15) is 50.6 Å². The summed E-state index contributed by atoms with van der Waals surface area (Å²) >= 11 is 5.90. The van der Waals surface area contributed by atoms with Gasteiger partial charge in [0.15, 0.2) is 5.76 Å². The maximum atomic E-state index is 14.2. The van der Waals surface area contributed by atoms with Crippen molar-refractivity contribution in [2.75, 3.05) is 31.1 Å². The zero-order valence-electron chi connectivity index (χ0n) is 19.9. The molecule has 1 fully saturated rings. The summed E-state index contributed by atoms with van der Waals surface area (Å²) in [6.07, 6.45) is 2.18. The Bertz CT molecular complexity index is 1330. The minimum Gasteiger partial charge on any atom is -0.455 e. The zero-order valence-corrected chi connectivity index (χ0v) is 20.6. The summed E-state index contributed by atoms with van der Waals surface area (Å²) in [6, 6.07) is 13.2. The fourth-order valence-corrected chi connectivity index (χ4v) is 4.90. The lowest BCUT2D eigenvalue weighted by molar-refractivity contribution is 0.0711. The summed E-state index contributed by atoms with van der Waals surface area (Å²) in [5.41, 5.74) is 5.84. The smallest absolute Gasteiger partial charge is 0.289 e. The molecular formula is C27H26ClFN4O3. The van der Waals surface area contributed by atoms with E-state index in [-0.39, 0.29) is 17.6 Å². The fraction of sp³-hybridized carbons (Fsp3) is 0.296. The number of amides is 2. The summed E-state index contributed by atoms with van der Waals surface area (Å²) in [4.78, 5) is 29.5. The van der Waals surface area contributed by atoms with E-state index in [4.69, 9.17) is 16.0 Å². The van der Waals surface area contributed by atoms with Crippen molar-refractivity contribution in [2.24, 2.45) is 5.10 Å². The molecule has 186 valence electrons. The van der Waals surface area contributed by atoms with Crippen LogP contribution in [0.5, 0.6) is 0 Å². The molecule has 2 heterocycles. The average Bonchev–Trinajstić information content (AvgIpc) is 3.24. The van der Waals surface area contributed by atoms with Crippen LogP contribution in [0.2, 0.25) is 5.02 Å². The van der Waals surface area contributed by atoms with Crippen LogP contribution in [0.25, 0.3) is 0 Å². The van der Waals surface area contributed by atoms with Gasteiger partial charge in [0.05, 0.1) is 11.4 Å². The molecule has 2 aromatic carbocycles. The van der Waals surface area contributed by atoms with E-state index in [1.54, 1.807) is 41.3 Å². The first-order valence-corrected chi connectivity index (χ1v) is 12.3. The van der Waals surface area contributed by atoms with Crippen molar-refractivity contribution in [1.82, 2.24) is 10.3 Å². The van der Waals surface area contributed by atoms with Crippen molar-refractivity contribution in [1.29, 1.82) is 0 Å². The highest BCUT2D eigenvalue weighted by Gasteiger charge is 2.32. The quantitative estimate of drug-likeness (QED) is 0.513. The summed E-state index contributed by atoms with van der Waals surface area (Å²) in [5.74, 6) is 0.238. The van der Waals surface area contributed by atoms with E-state index in [1.807, 2.05) is 17.9 Å². The van der Waals surface area contributed by atoms with Crippen molar-refractivity contribution >= 4 is 34.8 Å². The predicted octanol–water partition coefficient (Wildman–Crippen LogP) is 4.81. The van der Waals surface area contributed by atoms with Crippen LogP contribution in [0.15, 0.2) is 58.0 Å². The first kappa shape index (κ1) is 24.1. The Hall–Kier alpha value is -3.65. The molecule has 0 spiro atoms. The SMILES string of the molecule is Cc1c(C(=O)N2CCN(c3ccccc3F)CC2)oc2c1/C(=N/NC(=O)c1ccc(Cl)cc1)CCC2. The van der Waals surface area contributed by atoms with Gasteiger partial charge in [-0.1, -0.05) is 23.7 Å². The number of nitrogens with zero attached hydrogens (tertiary/aromatic N) is 3. The number of hydrogen-bond acceptors (Lipinski definition) is 5. The lowest BCUT2D eigenvalue weighted by atomic mass is 9.93. The maximum Gasteiger partial charge on any atom is 0.289 e. The van der Waals surface area contributed by atoms with Gasteiger partial charge in [-0.25, -0.2) is 9.82 Å². The fourth-order valence-electron chi connectivity index (χ4n) is 4.77. The molecule has 3 aromatic rings. The van der Waals surface area contributed by atoms with Gasteiger partial charge in [-0.15, -0.1) is 0 Å².